The van der Waals surface area contributed by atoms with Crippen LogP contribution in [0.5, 0.6) is 5.75 Å². The molecule has 2 N–H and O–H groups in total. The Morgan fingerprint density at radius 3 is 2.50 bits per heavy atom. The zero-order valence-electron chi connectivity index (χ0n) is 12.0. The van der Waals surface area contributed by atoms with E-state index in [1.54, 1.807) is 24.3 Å². The number of rotatable bonds is 2. The Labute approximate surface area is 128 Å². The van der Waals surface area contributed by atoms with Crippen LogP contribution in [-0.2, 0) is 12.8 Å². The van der Waals surface area contributed by atoms with Crippen LogP contribution < -0.4 is 5.32 Å². The van der Waals surface area contributed by atoms with Gasteiger partial charge in [0.15, 0.2) is 0 Å². The summed E-state index contributed by atoms with van der Waals surface area (Å²) in [6.45, 7) is 0. The fourth-order valence-electron chi connectivity index (χ4n) is 3.21. The molecule has 0 radical (unpaired) electrons. The van der Waals surface area contributed by atoms with E-state index >= 15 is 0 Å². The van der Waals surface area contributed by atoms with E-state index in [-0.39, 0.29) is 11.7 Å². The number of phenolic OH excluding ortho intramolecular Hbond substituents is 1. The molecule has 0 saturated heterocycles. The van der Waals surface area contributed by atoms with Gasteiger partial charge < -0.3 is 10.4 Å². The summed E-state index contributed by atoms with van der Waals surface area (Å²) in [6, 6.07) is 16.8. The lowest BCUT2D eigenvalue weighted by Crippen LogP contribution is -2.12. The Morgan fingerprint density at radius 2 is 1.68 bits per heavy atom. The number of para-hydroxylation sites is 2. The number of anilines is 1. The molecule has 1 amide bonds. The van der Waals surface area contributed by atoms with Crippen LogP contribution in [0.2, 0.25) is 0 Å². The molecular weight excluding hydrogens is 274 g/mol. The lowest BCUT2D eigenvalue weighted by molar-refractivity contribution is 0.102. The maximum atomic E-state index is 12.6. The van der Waals surface area contributed by atoms with Gasteiger partial charge in [0, 0.05) is 5.56 Å². The molecule has 3 aromatic carbocycles. The summed E-state index contributed by atoms with van der Waals surface area (Å²) >= 11 is 0. The molecule has 0 unspecified atom stereocenters. The fraction of sp³-hybridized carbons (Fsp3) is 0.105. The van der Waals surface area contributed by atoms with Crippen molar-refractivity contribution in [2.24, 2.45) is 0 Å². The number of carbonyl (C=O) groups excluding carboxylic acids is 1. The largest absolute Gasteiger partial charge is 0.506 e. The second-order valence-electron chi connectivity index (χ2n) is 5.58. The van der Waals surface area contributed by atoms with E-state index in [0.717, 1.165) is 18.2 Å². The Morgan fingerprint density at radius 1 is 0.909 bits per heavy atom. The van der Waals surface area contributed by atoms with Gasteiger partial charge >= 0.3 is 0 Å². The lowest BCUT2D eigenvalue weighted by atomic mass is 9.99. The van der Waals surface area contributed by atoms with Crippen molar-refractivity contribution >= 4 is 22.4 Å². The van der Waals surface area contributed by atoms with Gasteiger partial charge in [0.2, 0.25) is 0 Å². The van der Waals surface area contributed by atoms with E-state index in [1.165, 1.54) is 16.5 Å². The van der Waals surface area contributed by atoms with Gasteiger partial charge in [-0.15, -0.1) is 0 Å². The standard InChI is InChI=1S/C19H15NO2/c21-17-7-2-1-6-16(17)20-19(22)15-11-10-13-9-8-12-4-3-5-14(15)18(12)13/h1-7,10-11,21H,8-9H2,(H,20,22). The predicted octanol–water partition coefficient (Wildman–Crippen LogP) is 3.90. The maximum absolute atomic E-state index is 12.6. The number of amides is 1. The van der Waals surface area contributed by atoms with Crippen molar-refractivity contribution in [3.8, 4) is 5.75 Å². The maximum Gasteiger partial charge on any atom is 0.256 e. The highest BCUT2D eigenvalue weighted by molar-refractivity contribution is 6.14. The Kier molecular flexibility index (Phi) is 2.86. The minimum Gasteiger partial charge on any atom is -0.506 e. The number of hydrogen-bond donors (Lipinski definition) is 2. The average molecular weight is 289 g/mol. The van der Waals surface area contributed by atoms with Crippen LogP contribution >= 0.6 is 0 Å². The van der Waals surface area contributed by atoms with Gasteiger partial charge in [-0.05, 0) is 52.9 Å². The van der Waals surface area contributed by atoms with E-state index in [1.807, 2.05) is 24.3 Å². The molecule has 0 saturated carbocycles. The molecule has 22 heavy (non-hydrogen) atoms. The SMILES string of the molecule is O=C(Nc1ccccc1O)c1ccc2c3c(cccc13)CC2. The van der Waals surface area contributed by atoms with E-state index in [2.05, 4.69) is 11.4 Å². The number of aromatic hydroxyl groups is 1. The van der Waals surface area contributed by atoms with Crippen molar-refractivity contribution in [3.63, 3.8) is 0 Å². The molecule has 4 rings (SSSR count). The summed E-state index contributed by atoms with van der Waals surface area (Å²) in [5.41, 5.74) is 3.69. The fourth-order valence-corrected chi connectivity index (χ4v) is 3.21. The topological polar surface area (TPSA) is 49.3 Å². The first-order valence-electron chi connectivity index (χ1n) is 7.37. The summed E-state index contributed by atoms with van der Waals surface area (Å²) in [7, 11) is 0. The minimum absolute atomic E-state index is 0.0711. The van der Waals surface area contributed by atoms with Crippen LogP contribution in [0.25, 0.3) is 10.8 Å². The van der Waals surface area contributed by atoms with Crippen molar-refractivity contribution in [3.05, 3.63) is 71.3 Å². The van der Waals surface area contributed by atoms with E-state index in [0.29, 0.717) is 11.3 Å². The summed E-state index contributed by atoms with van der Waals surface area (Å²) in [5.74, 6) is -0.126. The molecule has 108 valence electrons. The van der Waals surface area contributed by atoms with E-state index < -0.39 is 0 Å². The third-order valence-corrected chi connectivity index (χ3v) is 4.27. The second kappa shape index (κ2) is 4.88. The first kappa shape index (κ1) is 12.9. The van der Waals surface area contributed by atoms with Gasteiger partial charge in [0.25, 0.3) is 5.91 Å². The van der Waals surface area contributed by atoms with Crippen LogP contribution in [0.15, 0.2) is 54.6 Å². The average Bonchev–Trinajstić information content (AvgIpc) is 2.95. The highest BCUT2D eigenvalue weighted by Crippen LogP contribution is 2.33. The minimum atomic E-state index is -0.197. The lowest BCUT2D eigenvalue weighted by Gasteiger charge is -2.10. The zero-order valence-corrected chi connectivity index (χ0v) is 12.0. The molecule has 0 spiro atoms. The normalized spacial score (nSPS) is 12.5. The smallest absolute Gasteiger partial charge is 0.256 e. The Hall–Kier alpha value is -2.81. The van der Waals surface area contributed by atoms with Crippen molar-refractivity contribution in [1.82, 2.24) is 0 Å². The van der Waals surface area contributed by atoms with Crippen LogP contribution in [0.3, 0.4) is 0 Å². The number of benzene rings is 3. The number of nitrogens with one attached hydrogen (secondary N) is 1. The number of carbonyl (C=O) groups is 1. The number of hydrogen-bond acceptors (Lipinski definition) is 2. The van der Waals surface area contributed by atoms with Crippen molar-refractivity contribution in [2.45, 2.75) is 12.8 Å². The summed E-state index contributed by atoms with van der Waals surface area (Å²) in [5, 5.41) is 14.8. The summed E-state index contributed by atoms with van der Waals surface area (Å²) < 4.78 is 0. The molecule has 0 aliphatic heterocycles. The molecular formula is C19H15NO2. The third kappa shape index (κ3) is 1.94. The summed E-state index contributed by atoms with van der Waals surface area (Å²) in [4.78, 5) is 12.6. The van der Waals surface area contributed by atoms with Gasteiger partial charge in [-0.25, -0.2) is 0 Å². The first-order chi connectivity index (χ1) is 10.7. The Bertz CT molecular complexity index is 889. The highest BCUT2D eigenvalue weighted by atomic mass is 16.3. The molecule has 0 bridgehead atoms. The predicted molar refractivity (Wildman–Crippen MR) is 87.4 cm³/mol. The monoisotopic (exact) mass is 289 g/mol. The highest BCUT2D eigenvalue weighted by Gasteiger charge is 2.19. The van der Waals surface area contributed by atoms with Gasteiger partial charge in [-0.2, -0.15) is 0 Å². The van der Waals surface area contributed by atoms with E-state index in [4.69, 9.17) is 0 Å². The summed E-state index contributed by atoms with van der Waals surface area (Å²) in [6.07, 6.45) is 2.08. The van der Waals surface area contributed by atoms with Crippen LogP contribution in [0.1, 0.15) is 21.5 Å². The molecule has 0 atom stereocenters. The molecule has 1 aliphatic carbocycles. The molecule has 3 heteroatoms. The molecule has 1 aliphatic rings. The second-order valence-corrected chi connectivity index (χ2v) is 5.58. The van der Waals surface area contributed by atoms with Crippen molar-refractivity contribution in [2.75, 3.05) is 5.32 Å². The van der Waals surface area contributed by atoms with E-state index in [9.17, 15) is 9.90 Å². The number of aryl methyl sites for hydroxylation is 2. The first-order valence-corrected chi connectivity index (χ1v) is 7.37. The molecule has 0 fully saturated rings. The molecule has 0 heterocycles. The number of phenols is 1. The quantitative estimate of drug-likeness (QED) is 0.703. The van der Waals surface area contributed by atoms with Crippen molar-refractivity contribution in [1.29, 1.82) is 0 Å². The molecule has 3 nitrogen and oxygen atoms in total. The van der Waals surface area contributed by atoms with Crippen LogP contribution in [0, 0.1) is 0 Å². The van der Waals surface area contributed by atoms with Gasteiger partial charge in [0.05, 0.1) is 5.69 Å². The molecule has 0 aromatic heterocycles. The van der Waals surface area contributed by atoms with Gasteiger partial charge in [-0.3, -0.25) is 4.79 Å². The third-order valence-electron chi connectivity index (χ3n) is 4.27. The van der Waals surface area contributed by atoms with Crippen molar-refractivity contribution < 1.29 is 9.90 Å². The van der Waals surface area contributed by atoms with Gasteiger partial charge in [-0.1, -0.05) is 36.4 Å². The van der Waals surface area contributed by atoms with Crippen LogP contribution in [-0.4, -0.2) is 11.0 Å². The Balaban J connectivity index is 1.79. The molecule has 3 aromatic rings. The zero-order chi connectivity index (χ0) is 15.1. The van der Waals surface area contributed by atoms with Gasteiger partial charge in [0.1, 0.15) is 5.75 Å². The van der Waals surface area contributed by atoms with Crippen LogP contribution in [0.4, 0.5) is 5.69 Å².